The zero-order valence-corrected chi connectivity index (χ0v) is 12.7. The first-order valence-corrected chi connectivity index (χ1v) is 7.09. The normalized spacial score (nSPS) is 12.4. The molecule has 0 saturated heterocycles. The van der Waals surface area contributed by atoms with Gasteiger partial charge in [0.1, 0.15) is 17.6 Å². The monoisotopic (exact) mass is 287 g/mol. The van der Waals surface area contributed by atoms with Gasteiger partial charge < -0.3 is 9.15 Å². The Hall–Kier alpha value is -2.07. The van der Waals surface area contributed by atoms with E-state index in [1.807, 2.05) is 68.3 Å². The Morgan fingerprint density at radius 2 is 1.95 bits per heavy atom. The Kier molecular flexibility index (Phi) is 5.17. The van der Waals surface area contributed by atoms with Crippen LogP contribution >= 0.6 is 0 Å². The quantitative estimate of drug-likeness (QED) is 0.764. The third kappa shape index (κ3) is 3.95. The van der Waals surface area contributed by atoms with E-state index in [1.165, 1.54) is 0 Å². The Morgan fingerprint density at radius 1 is 1.24 bits per heavy atom. The molecule has 1 atom stereocenters. The lowest BCUT2D eigenvalue weighted by Crippen LogP contribution is -2.31. The number of aryl methyl sites for hydroxylation is 1. The Morgan fingerprint density at radius 3 is 2.52 bits per heavy atom. The molecule has 0 bridgehead atoms. The van der Waals surface area contributed by atoms with E-state index in [4.69, 9.17) is 9.15 Å². The zero-order chi connectivity index (χ0) is 15.2. The van der Waals surface area contributed by atoms with Gasteiger partial charge in [0.25, 0.3) is 0 Å². The maximum absolute atomic E-state index is 12.3. The number of carbonyl (C=O) groups excluding carboxylic acids is 1. The van der Waals surface area contributed by atoms with Crippen LogP contribution in [0.5, 0.6) is 0 Å². The van der Waals surface area contributed by atoms with Gasteiger partial charge in [0.15, 0.2) is 0 Å². The predicted molar refractivity (Wildman–Crippen MR) is 80.7 cm³/mol. The summed E-state index contributed by atoms with van der Waals surface area (Å²) in [6.07, 6.45) is 0. The highest BCUT2D eigenvalue weighted by Crippen LogP contribution is 2.23. The molecule has 0 saturated carbocycles. The fraction of sp³-hybridized carbons (Fsp3) is 0.353. The third-order valence-electron chi connectivity index (χ3n) is 3.27. The molecule has 0 spiro atoms. The highest BCUT2D eigenvalue weighted by Gasteiger charge is 2.27. The minimum absolute atomic E-state index is 0.241. The topological polar surface area (TPSA) is 42.7 Å². The second-order valence-corrected chi connectivity index (χ2v) is 4.99. The molecule has 21 heavy (non-hydrogen) atoms. The van der Waals surface area contributed by atoms with Crippen LogP contribution in [0.4, 0.5) is 0 Å². The number of nitrogens with zero attached hydrogens (tertiary/aromatic N) is 1. The molecule has 2 rings (SSSR count). The highest BCUT2D eigenvalue weighted by molar-refractivity contribution is 5.77. The molecule has 4 nitrogen and oxygen atoms in total. The molecule has 0 radical (unpaired) electrons. The number of hydrogen-bond acceptors (Lipinski definition) is 4. The lowest BCUT2D eigenvalue weighted by atomic mass is 10.1. The third-order valence-corrected chi connectivity index (χ3v) is 3.27. The Labute approximate surface area is 125 Å². The van der Waals surface area contributed by atoms with Crippen LogP contribution in [0.25, 0.3) is 0 Å². The van der Waals surface area contributed by atoms with E-state index in [1.54, 1.807) is 0 Å². The minimum Gasteiger partial charge on any atom is -0.465 e. The molecule has 0 aliphatic heterocycles. The average molecular weight is 287 g/mol. The Balaban J connectivity index is 2.20. The molecule has 0 N–H and O–H groups in total. The Bertz CT molecular complexity index is 577. The maximum atomic E-state index is 12.3. The number of furan rings is 1. The summed E-state index contributed by atoms with van der Waals surface area (Å²) < 4.78 is 10.8. The second kappa shape index (κ2) is 7.09. The summed E-state index contributed by atoms with van der Waals surface area (Å²) in [6.45, 7) is 4.64. The lowest BCUT2D eigenvalue weighted by molar-refractivity contribution is -0.149. The number of ether oxygens (including phenoxy) is 1. The molecule has 0 aliphatic carbocycles. The molecule has 0 aliphatic rings. The molecular formula is C17H21NO3. The van der Waals surface area contributed by atoms with E-state index in [0.29, 0.717) is 13.2 Å². The van der Waals surface area contributed by atoms with Crippen molar-refractivity contribution in [3.8, 4) is 0 Å². The molecule has 1 unspecified atom stereocenters. The molecule has 1 aromatic heterocycles. The van der Waals surface area contributed by atoms with Crippen LogP contribution in [0.2, 0.25) is 0 Å². The van der Waals surface area contributed by atoms with Crippen LogP contribution < -0.4 is 0 Å². The fourth-order valence-corrected chi connectivity index (χ4v) is 2.33. The van der Waals surface area contributed by atoms with E-state index >= 15 is 0 Å². The van der Waals surface area contributed by atoms with Gasteiger partial charge in [-0.3, -0.25) is 4.90 Å². The van der Waals surface area contributed by atoms with Crippen molar-refractivity contribution in [2.24, 2.45) is 0 Å². The summed E-state index contributed by atoms with van der Waals surface area (Å²) in [6, 6.07) is 13.1. The number of rotatable bonds is 6. The van der Waals surface area contributed by atoms with E-state index in [9.17, 15) is 4.79 Å². The van der Waals surface area contributed by atoms with Crippen LogP contribution in [0.3, 0.4) is 0 Å². The van der Waals surface area contributed by atoms with Crippen LogP contribution in [-0.4, -0.2) is 24.5 Å². The average Bonchev–Trinajstić information content (AvgIpc) is 2.86. The number of carbonyl (C=O) groups is 1. The zero-order valence-electron chi connectivity index (χ0n) is 12.7. The van der Waals surface area contributed by atoms with Gasteiger partial charge in [-0.25, -0.2) is 4.79 Å². The van der Waals surface area contributed by atoms with Gasteiger partial charge in [-0.1, -0.05) is 30.3 Å². The summed E-state index contributed by atoms with van der Waals surface area (Å²) in [5, 5.41) is 0. The van der Waals surface area contributed by atoms with Crippen LogP contribution in [-0.2, 0) is 16.1 Å². The van der Waals surface area contributed by atoms with Gasteiger partial charge in [-0.2, -0.15) is 0 Å². The summed E-state index contributed by atoms with van der Waals surface area (Å²) in [4.78, 5) is 14.2. The highest BCUT2D eigenvalue weighted by atomic mass is 16.5. The van der Waals surface area contributed by atoms with E-state index in [0.717, 1.165) is 17.1 Å². The van der Waals surface area contributed by atoms with Crippen molar-refractivity contribution in [2.45, 2.75) is 26.4 Å². The molecule has 1 heterocycles. The van der Waals surface area contributed by atoms with E-state index in [2.05, 4.69) is 0 Å². The summed E-state index contributed by atoms with van der Waals surface area (Å²) in [7, 11) is 1.90. The first-order valence-electron chi connectivity index (χ1n) is 7.09. The molecule has 0 fully saturated rings. The standard InChI is InChI=1S/C17H21NO3/c1-4-20-17(19)16(14-8-6-5-7-9-14)18(3)12-15-11-10-13(2)21-15/h5-11,16H,4,12H2,1-3H3. The van der Waals surface area contributed by atoms with Gasteiger partial charge in [0.2, 0.25) is 0 Å². The number of esters is 1. The van der Waals surface area contributed by atoms with Crippen molar-refractivity contribution >= 4 is 5.97 Å². The minimum atomic E-state index is -0.434. The van der Waals surface area contributed by atoms with Crippen molar-refractivity contribution in [1.82, 2.24) is 4.90 Å². The molecule has 112 valence electrons. The van der Waals surface area contributed by atoms with Crippen LogP contribution in [0.15, 0.2) is 46.9 Å². The SMILES string of the molecule is CCOC(=O)C(c1ccccc1)N(C)Cc1ccc(C)o1. The summed E-state index contributed by atoms with van der Waals surface area (Å²) in [5.74, 6) is 1.46. The smallest absolute Gasteiger partial charge is 0.328 e. The van der Waals surface area contributed by atoms with Crippen molar-refractivity contribution in [2.75, 3.05) is 13.7 Å². The summed E-state index contributed by atoms with van der Waals surface area (Å²) in [5.41, 5.74) is 0.918. The molecule has 4 heteroatoms. The van der Waals surface area contributed by atoms with Gasteiger partial charge in [0.05, 0.1) is 13.2 Å². The number of hydrogen-bond donors (Lipinski definition) is 0. The molecular weight excluding hydrogens is 266 g/mol. The first-order chi connectivity index (χ1) is 10.1. The van der Waals surface area contributed by atoms with E-state index in [-0.39, 0.29) is 5.97 Å². The summed E-state index contributed by atoms with van der Waals surface area (Å²) >= 11 is 0. The number of benzene rings is 1. The van der Waals surface area contributed by atoms with Crippen molar-refractivity contribution in [3.63, 3.8) is 0 Å². The lowest BCUT2D eigenvalue weighted by Gasteiger charge is -2.25. The van der Waals surface area contributed by atoms with Gasteiger partial charge in [0, 0.05) is 0 Å². The second-order valence-electron chi connectivity index (χ2n) is 4.99. The van der Waals surface area contributed by atoms with Crippen molar-refractivity contribution < 1.29 is 13.9 Å². The predicted octanol–water partition coefficient (Wildman–Crippen LogP) is 3.32. The van der Waals surface area contributed by atoms with Crippen molar-refractivity contribution in [3.05, 3.63) is 59.5 Å². The van der Waals surface area contributed by atoms with Crippen LogP contribution in [0.1, 0.15) is 30.0 Å². The number of likely N-dealkylation sites (N-methyl/N-ethyl adjacent to an activating group) is 1. The largest absolute Gasteiger partial charge is 0.465 e. The first kappa shape index (κ1) is 15.3. The van der Waals surface area contributed by atoms with Gasteiger partial charge in [-0.05, 0) is 38.6 Å². The molecule has 2 aromatic rings. The molecule has 0 amide bonds. The van der Waals surface area contributed by atoms with Gasteiger partial charge in [-0.15, -0.1) is 0 Å². The molecule has 1 aromatic carbocycles. The maximum Gasteiger partial charge on any atom is 0.328 e. The van der Waals surface area contributed by atoms with Gasteiger partial charge >= 0.3 is 5.97 Å². The fourth-order valence-electron chi connectivity index (χ4n) is 2.33. The van der Waals surface area contributed by atoms with Crippen molar-refractivity contribution in [1.29, 1.82) is 0 Å². The van der Waals surface area contributed by atoms with E-state index < -0.39 is 6.04 Å². The van der Waals surface area contributed by atoms with Crippen LogP contribution in [0, 0.1) is 6.92 Å².